The average molecular weight is 182 g/mol. The third-order valence-corrected chi connectivity index (χ3v) is 3.05. The first-order valence-electron chi connectivity index (χ1n) is 4.46. The normalized spacial score (nSPS) is 19.4. The fraction of sp³-hybridized carbons (Fsp3) is 0.667. The van der Waals surface area contributed by atoms with Gasteiger partial charge in [0.05, 0.1) is 11.2 Å². The summed E-state index contributed by atoms with van der Waals surface area (Å²) >= 11 is 1.66. The Bertz CT molecular complexity index is 229. The van der Waals surface area contributed by atoms with Crippen molar-refractivity contribution in [3.8, 4) is 0 Å². The van der Waals surface area contributed by atoms with E-state index in [1.165, 1.54) is 18.5 Å². The standard InChI is InChI=1S/C9H14N2S/c1-7(8-2-3-8)10-4-9-5-12-6-11-9/h5-8,10H,2-4H2,1H3. The second-order valence-electron chi connectivity index (χ2n) is 3.49. The fourth-order valence-electron chi connectivity index (χ4n) is 1.35. The molecule has 3 heteroatoms. The molecule has 1 heterocycles. The summed E-state index contributed by atoms with van der Waals surface area (Å²) in [6, 6.07) is 0.673. The van der Waals surface area contributed by atoms with E-state index in [-0.39, 0.29) is 0 Å². The molecular weight excluding hydrogens is 168 g/mol. The van der Waals surface area contributed by atoms with Gasteiger partial charge in [0.15, 0.2) is 0 Å². The van der Waals surface area contributed by atoms with Crippen molar-refractivity contribution >= 4 is 11.3 Å². The zero-order valence-electron chi connectivity index (χ0n) is 7.29. The van der Waals surface area contributed by atoms with Crippen molar-refractivity contribution in [2.45, 2.75) is 32.4 Å². The zero-order valence-corrected chi connectivity index (χ0v) is 8.10. The lowest BCUT2D eigenvalue weighted by molar-refractivity contribution is 0.493. The number of hydrogen-bond acceptors (Lipinski definition) is 3. The SMILES string of the molecule is CC(NCc1cscn1)C1CC1. The highest BCUT2D eigenvalue weighted by molar-refractivity contribution is 7.07. The molecule has 1 aromatic rings. The van der Waals surface area contributed by atoms with Crippen molar-refractivity contribution in [1.82, 2.24) is 10.3 Å². The molecule has 0 bridgehead atoms. The number of nitrogens with one attached hydrogen (secondary N) is 1. The Labute approximate surface area is 77.0 Å². The van der Waals surface area contributed by atoms with E-state index in [0.717, 1.165) is 12.5 Å². The molecule has 2 rings (SSSR count). The largest absolute Gasteiger partial charge is 0.308 e. The number of nitrogens with zero attached hydrogens (tertiary/aromatic N) is 1. The van der Waals surface area contributed by atoms with Crippen LogP contribution in [0.4, 0.5) is 0 Å². The number of rotatable bonds is 4. The Morgan fingerprint density at radius 1 is 1.75 bits per heavy atom. The summed E-state index contributed by atoms with van der Waals surface area (Å²) in [5, 5.41) is 5.59. The van der Waals surface area contributed by atoms with Crippen molar-refractivity contribution in [3.05, 3.63) is 16.6 Å². The van der Waals surface area contributed by atoms with Crippen LogP contribution in [0.15, 0.2) is 10.9 Å². The van der Waals surface area contributed by atoms with Gasteiger partial charge in [-0.1, -0.05) is 0 Å². The minimum Gasteiger partial charge on any atom is -0.308 e. The highest BCUT2D eigenvalue weighted by Crippen LogP contribution is 2.32. The Morgan fingerprint density at radius 2 is 2.58 bits per heavy atom. The van der Waals surface area contributed by atoms with Gasteiger partial charge in [0.1, 0.15) is 0 Å². The maximum atomic E-state index is 4.22. The lowest BCUT2D eigenvalue weighted by atomic mass is 10.2. The minimum atomic E-state index is 0.673. The van der Waals surface area contributed by atoms with Crippen LogP contribution >= 0.6 is 11.3 Å². The van der Waals surface area contributed by atoms with Crippen LogP contribution < -0.4 is 5.32 Å². The maximum absolute atomic E-state index is 4.22. The Morgan fingerprint density at radius 3 is 3.17 bits per heavy atom. The van der Waals surface area contributed by atoms with Gasteiger partial charge < -0.3 is 5.32 Å². The molecule has 1 aromatic heterocycles. The van der Waals surface area contributed by atoms with Gasteiger partial charge in [-0.3, -0.25) is 0 Å². The lowest BCUT2D eigenvalue weighted by Gasteiger charge is -2.10. The monoisotopic (exact) mass is 182 g/mol. The molecule has 0 aromatic carbocycles. The van der Waals surface area contributed by atoms with Crippen LogP contribution in [0.1, 0.15) is 25.5 Å². The molecule has 0 aliphatic heterocycles. The van der Waals surface area contributed by atoms with Gasteiger partial charge in [-0.2, -0.15) is 0 Å². The second-order valence-corrected chi connectivity index (χ2v) is 4.21. The zero-order chi connectivity index (χ0) is 8.39. The average Bonchev–Trinajstić information content (AvgIpc) is 2.80. The number of hydrogen-bond donors (Lipinski definition) is 1. The highest BCUT2D eigenvalue weighted by atomic mass is 32.1. The molecule has 1 aliphatic rings. The molecule has 2 nitrogen and oxygen atoms in total. The van der Waals surface area contributed by atoms with Crippen molar-refractivity contribution in [2.75, 3.05) is 0 Å². The van der Waals surface area contributed by atoms with E-state index in [1.807, 2.05) is 5.51 Å². The van der Waals surface area contributed by atoms with E-state index in [4.69, 9.17) is 0 Å². The van der Waals surface area contributed by atoms with E-state index >= 15 is 0 Å². The summed E-state index contributed by atoms with van der Waals surface area (Å²) in [5.41, 5.74) is 3.06. The minimum absolute atomic E-state index is 0.673. The molecule has 1 fully saturated rings. The van der Waals surface area contributed by atoms with Crippen LogP contribution in [0.3, 0.4) is 0 Å². The molecule has 1 saturated carbocycles. The molecule has 0 spiro atoms. The van der Waals surface area contributed by atoms with Gasteiger partial charge in [-0.25, -0.2) is 4.98 Å². The molecular formula is C9H14N2S. The van der Waals surface area contributed by atoms with E-state index in [2.05, 4.69) is 22.6 Å². The Balaban J connectivity index is 1.74. The van der Waals surface area contributed by atoms with Crippen molar-refractivity contribution in [3.63, 3.8) is 0 Å². The predicted molar refractivity (Wildman–Crippen MR) is 51.1 cm³/mol. The molecule has 0 radical (unpaired) electrons. The van der Waals surface area contributed by atoms with Crippen LogP contribution in [-0.2, 0) is 6.54 Å². The van der Waals surface area contributed by atoms with E-state index in [1.54, 1.807) is 11.3 Å². The summed E-state index contributed by atoms with van der Waals surface area (Å²) in [4.78, 5) is 4.22. The second kappa shape index (κ2) is 3.54. The first-order valence-corrected chi connectivity index (χ1v) is 5.41. The summed E-state index contributed by atoms with van der Waals surface area (Å²) in [6.07, 6.45) is 2.82. The summed E-state index contributed by atoms with van der Waals surface area (Å²) in [7, 11) is 0. The summed E-state index contributed by atoms with van der Waals surface area (Å²) < 4.78 is 0. The van der Waals surface area contributed by atoms with Crippen LogP contribution in [0.2, 0.25) is 0 Å². The van der Waals surface area contributed by atoms with E-state index in [9.17, 15) is 0 Å². The molecule has 12 heavy (non-hydrogen) atoms. The quantitative estimate of drug-likeness (QED) is 0.770. The van der Waals surface area contributed by atoms with Crippen molar-refractivity contribution in [1.29, 1.82) is 0 Å². The number of thiazole rings is 1. The van der Waals surface area contributed by atoms with Crippen molar-refractivity contribution < 1.29 is 0 Å². The van der Waals surface area contributed by atoms with Gasteiger partial charge in [0.2, 0.25) is 0 Å². The van der Waals surface area contributed by atoms with E-state index < -0.39 is 0 Å². The van der Waals surface area contributed by atoms with Crippen LogP contribution in [0.5, 0.6) is 0 Å². The Hall–Kier alpha value is -0.410. The smallest absolute Gasteiger partial charge is 0.0795 e. The summed E-state index contributed by atoms with van der Waals surface area (Å²) in [5.74, 6) is 0.934. The van der Waals surface area contributed by atoms with Crippen LogP contribution in [-0.4, -0.2) is 11.0 Å². The maximum Gasteiger partial charge on any atom is 0.0795 e. The number of aromatic nitrogens is 1. The lowest BCUT2D eigenvalue weighted by Crippen LogP contribution is -2.27. The molecule has 0 saturated heterocycles. The van der Waals surface area contributed by atoms with Crippen LogP contribution in [0.25, 0.3) is 0 Å². The van der Waals surface area contributed by atoms with Gasteiger partial charge in [0.25, 0.3) is 0 Å². The first kappa shape index (κ1) is 8.20. The molecule has 1 unspecified atom stereocenters. The van der Waals surface area contributed by atoms with Gasteiger partial charge in [0, 0.05) is 18.0 Å². The van der Waals surface area contributed by atoms with Gasteiger partial charge in [-0.05, 0) is 25.7 Å². The van der Waals surface area contributed by atoms with Crippen LogP contribution in [0, 0.1) is 5.92 Å². The molecule has 1 aliphatic carbocycles. The first-order chi connectivity index (χ1) is 5.86. The van der Waals surface area contributed by atoms with Gasteiger partial charge >= 0.3 is 0 Å². The van der Waals surface area contributed by atoms with Gasteiger partial charge in [-0.15, -0.1) is 11.3 Å². The summed E-state index contributed by atoms with van der Waals surface area (Å²) in [6.45, 7) is 3.20. The molecule has 1 atom stereocenters. The third-order valence-electron chi connectivity index (χ3n) is 2.42. The predicted octanol–water partition coefficient (Wildman–Crippen LogP) is 2.03. The molecule has 66 valence electrons. The molecule has 0 amide bonds. The topological polar surface area (TPSA) is 24.9 Å². The van der Waals surface area contributed by atoms with E-state index in [0.29, 0.717) is 6.04 Å². The fourth-order valence-corrected chi connectivity index (χ4v) is 1.91. The third kappa shape index (κ3) is 2.05. The molecule has 1 N–H and O–H groups in total. The highest BCUT2D eigenvalue weighted by Gasteiger charge is 2.27. The Kier molecular flexibility index (Phi) is 2.42. The van der Waals surface area contributed by atoms with Crippen molar-refractivity contribution in [2.24, 2.45) is 5.92 Å².